The molecular formula is C21H28N4O2. The zero-order valence-corrected chi connectivity index (χ0v) is 16.2. The molecule has 1 aromatic heterocycles. The molecule has 0 aliphatic carbocycles. The van der Waals surface area contributed by atoms with Crippen molar-refractivity contribution in [1.82, 2.24) is 19.4 Å². The highest BCUT2D eigenvalue weighted by molar-refractivity contribution is 5.82. The average Bonchev–Trinajstić information content (AvgIpc) is 2.98. The maximum atomic E-state index is 13.1. The van der Waals surface area contributed by atoms with E-state index in [1.54, 1.807) is 7.11 Å². The van der Waals surface area contributed by atoms with E-state index in [-0.39, 0.29) is 11.9 Å². The number of likely N-dealkylation sites (N-methyl/N-ethyl adjacent to an activating group) is 1. The van der Waals surface area contributed by atoms with E-state index in [1.807, 2.05) is 29.3 Å². The van der Waals surface area contributed by atoms with Crippen molar-refractivity contribution in [2.24, 2.45) is 0 Å². The molecule has 0 unspecified atom stereocenters. The number of fused-ring (bicyclic) bond motifs is 1. The van der Waals surface area contributed by atoms with Crippen molar-refractivity contribution in [3.05, 3.63) is 36.3 Å². The lowest BCUT2D eigenvalue weighted by atomic mass is 10.0. The summed E-state index contributed by atoms with van der Waals surface area (Å²) in [4.78, 5) is 22.0. The third-order valence-electron chi connectivity index (χ3n) is 5.89. The van der Waals surface area contributed by atoms with Crippen molar-refractivity contribution < 1.29 is 9.53 Å². The molecule has 2 aliphatic heterocycles. The topological polar surface area (TPSA) is 50.6 Å². The minimum absolute atomic E-state index is 0.0397. The van der Waals surface area contributed by atoms with Gasteiger partial charge in [0, 0.05) is 31.6 Å². The van der Waals surface area contributed by atoms with E-state index in [0.29, 0.717) is 0 Å². The highest BCUT2D eigenvalue weighted by Gasteiger charge is 2.31. The molecule has 6 heteroatoms. The summed E-state index contributed by atoms with van der Waals surface area (Å²) in [6, 6.07) is 8.07. The Morgan fingerprint density at radius 2 is 2.00 bits per heavy atom. The molecule has 1 fully saturated rings. The van der Waals surface area contributed by atoms with Crippen LogP contribution in [0.1, 0.15) is 25.1 Å². The summed E-state index contributed by atoms with van der Waals surface area (Å²) >= 11 is 0. The van der Waals surface area contributed by atoms with E-state index in [1.165, 1.54) is 6.42 Å². The number of likely N-dealkylation sites (tertiary alicyclic amines) is 1. The highest BCUT2D eigenvalue weighted by Crippen LogP contribution is 2.31. The Kier molecular flexibility index (Phi) is 5.16. The van der Waals surface area contributed by atoms with Crippen molar-refractivity contribution in [3.63, 3.8) is 0 Å². The Bertz CT molecular complexity index is 816. The van der Waals surface area contributed by atoms with Gasteiger partial charge in [0.1, 0.15) is 11.6 Å². The van der Waals surface area contributed by atoms with Crippen molar-refractivity contribution in [1.29, 1.82) is 0 Å². The van der Waals surface area contributed by atoms with Crippen LogP contribution in [0.25, 0.3) is 11.3 Å². The number of piperidine rings is 1. The van der Waals surface area contributed by atoms with Gasteiger partial charge in [0.25, 0.3) is 0 Å². The number of amides is 1. The number of hydrogen-bond donors (Lipinski definition) is 0. The number of carbonyl (C=O) groups excluding carboxylic acids is 1. The van der Waals surface area contributed by atoms with E-state index < -0.39 is 0 Å². The van der Waals surface area contributed by atoms with Crippen molar-refractivity contribution in [2.45, 2.75) is 38.3 Å². The summed E-state index contributed by atoms with van der Waals surface area (Å²) in [6.45, 7) is 3.26. The summed E-state index contributed by atoms with van der Waals surface area (Å²) in [5.41, 5.74) is 2.11. The Hall–Kier alpha value is -2.34. The molecular weight excluding hydrogens is 340 g/mol. The molecule has 1 saturated heterocycles. The first-order valence-electron chi connectivity index (χ1n) is 9.86. The average molecular weight is 368 g/mol. The minimum atomic E-state index is 0.0397. The third kappa shape index (κ3) is 3.46. The molecule has 144 valence electrons. The second-order valence-corrected chi connectivity index (χ2v) is 7.48. The van der Waals surface area contributed by atoms with Gasteiger partial charge in [-0.2, -0.15) is 0 Å². The standard InChI is InChI=1S/C21H28N4O2/c1-23-11-6-5-8-17(23)21(26)24-12-10-20-22-15-18(25(20)14-13-24)16-7-3-4-9-19(16)27-2/h3-4,7,9,15,17H,5-6,8,10-14H2,1-2H3/t17-/m0/s1. The minimum Gasteiger partial charge on any atom is -0.496 e. The number of imidazole rings is 1. The molecule has 1 aromatic carbocycles. The molecule has 1 atom stereocenters. The summed E-state index contributed by atoms with van der Waals surface area (Å²) in [5.74, 6) is 2.17. The van der Waals surface area contributed by atoms with Crippen molar-refractivity contribution >= 4 is 5.91 Å². The molecule has 3 heterocycles. The normalized spacial score (nSPS) is 20.8. The fraction of sp³-hybridized carbons (Fsp3) is 0.524. The molecule has 0 bridgehead atoms. The molecule has 4 rings (SSSR count). The van der Waals surface area contributed by atoms with Crippen molar-refractivity contribution in [3.8, 4) is 17.0 Å². The Morgan fingerprint density at radius 1 is 1.15 bits per heavy atom. The van der Waals surface area contributed by atoms with Gasteiger partial charge in [-0.15, -0.1) is 0 Å². The van der Waals surface area contributed by atoms with Gasteiger partial charge in [-0.1, -0.05) is 18.6 Å². The van der Waals surface area contributed by atoms with Gasteiger partial charge in [-0.05, 0) is 38.6 Å². The predicted octanol–water partition coefficient (Wildman–Crippen LogP) is 2.43. The van der Waals surface area contributed by atoms with Crippen LogP contribution >= 0.6 is 0 Å². The maximum absolute atomic E-state index is 13.1. The van der Waals surface area contributed by atoms with Crippen LogP contribution in [0.5, 0.6) is 5.75 Å². The number of benzene rings is 1. The first-order valence-corrected chi connectivity index (χ1v) is 9.86. The van der Waals surface area contributed by atoms with E-state index >= 15 is 0 Å². The fourth-order valence-electron chi connectivity index (χ4n) is 4.32. The number of ether oxygens (including phenoxy) is 1. The zero-order valence-electron chi connectivity index (χ0n) is 16.2. The molecule has 6 nitrogen and oxygen atoms in total. The fourth-order valence-corrected chi connectivity index (χ4v) is 4.32. The second-order valence-electron chi connectivity index (χ2n) is 7.48. The lowest BCUT2D eigenvalue weighted by Crippen LogP contribution is -2.50. The molecule has 2 aliphatic rings. The van der Waals surface area contributed by atoms with Gasteiger partial charge in [-0.3, -0.25) is 9.69 Å². The van der Waals surface area contributed by atoms with Crippen LogP contribution in [0, 0.1) is 0 Å². The zero-order chi connectivity index (χ0) is 18.8. The number of methoxy groups -OCH3 is 1. The summed E-state index contributed by atoms with van der Waals surface area (Å²) < 4.78 is 7.78. The Balaban J connectivity index is 1.54. The molecule has 0 N–H and O–H groups in total. The first kappa shape index (κ1) is 18.0. The van der Waals surface area contributed by atoms with E-state index in [0.717, 1.165) is 68.3 Å². The number of rotatable bonds is 3. The SMILES string of the molecule is COc1ccccc1-c1cnc2n1CCN(C(=O)[C@@H]1CCCCN1C)CC2. The van der Waals surface area contributed by atoms with Crippen LogP contribution < -0.4 is 4.74 Å². The van der Waals surface area contributed by atoms with Crippen LogP contribution in [-0.2, 0) is 17.8 Å². The lowest BCUT2D eigenvalue weighted by Gasteiger charge is -2.35. The number of aromatic nitrogens is 2. The van der Waals surface area contributed by atoms with Gasteiger partial charge < -0.3 is 14.2 Å². The largest absolute Gasteiger partial charge is 0.496 e. The van der Waals surface area contributed by atoms with Crippen LogP contribution in [-0.4, -0.2) is 65.1 Å². The molecule has 0 spiro atoms. The van der Waals surface area contributed by atoms with Gasteiger partial charge in [0.2, 0.25) is 5.91 Å². The van der Waals surface area contributed by atoms with Crippen LogP contribution in [0.2, 0.25) is 0 Å². The van der Waals surface area contributed by atoms with Gasteiger partial charge in [0.15, 0.2) is 0 Å². The summed E-state index contributed by atoms with van der Waals surface area (Å²) in [7, 11) is 3.77. The molecule has 1 amide bonds. The molecule has 0 radical (unpaired) electrons. The van der Waals surface area contributed by atoms with Crippen LogP contribution in [0.15, 0.2) is 30.5 Å². The molecule has 27 heavy (non-hydrogen) atoms. The van der Waals surface area contributed by atoms with Crippen molar-refractivity contribution in [2.75, 3.05) is 33.8 Å². The second kappa shape index (κ2) is 7.72. The summed E-state index contributed by atoms with van der Waals surface area (Å²) in [6.07, 6.45) is 6.03. The third-order valence-corrected chi connectivity index (χ3v) is 5.89. The predicted molar refractivity (Wildman–Crippen MR) is 105 cm³/mol. The molecule has 2 aromatic rings. The highest BCUT2D eigenvalue weighted by atomic mass is 16.5. The number of nitrogens with zero attached hydrogens (tertiary/aromatic N) is 4. The maximum Gasteiger partial charge on any atom is 0.239 e. The Labute approximate surface area is 160 Å². The monoisotopic (exact) mass is 368 g/mol. The van der Waals surface area contributed by atoms with E-state index in [4.69, 9.17) is 4.74 Å². The molecule has 0 saturated carbocycles. The summed E-state index contributed by atoms with van der Waals surface area (Å²) in [5, 5.41) is 0. The number of hydrogen-bond acceptors (Lipinski definition) is 4. The lowest BCUT2D eigenvalue weighted by molar-refractivity contribution is -0.137. The van der Waals surface area contributed by atoms with E-state index in [2.05, 4.69) is 27.6 Å². The van der Waals surface area contributed by atoms with E-state index in [9.17, 15) is 4.79 Å². The first-order chi connectivity index (χ1) is 13.2. The smallest absolute Gasteiger partial charge is 0.239 e. The Morgan fingerprint density at radius 3 is 2.81 bits per heavy atom. The quantitative estimate of drug-likeness (QED) is 0.835. The number of carbonyl (C=O) groups is 1. The van der Waals surface area contributed by atoms with Crippen LogP contribution in [0.3, 0.4) is 0 Å². The number of para-hydroxylation sites is 1. The van der Waals surface area contributed by atoms with Gasteiger partial charge >= 0.3 is 0 Å². The van der Waals surface area contributed by atoms with Gasteiger partial charge in [0.05, 0.1) is 25.0 Å². The van der Waals surface area contributed by atoms with Crippen LogP contribution in [0.4, 0.5) is 0 Å². The van der Waals surface area contributed by atoms with Gasteiger partial charge in [-0.25, -0.2) is 4.98 Å².